The Balaban J connectivity index is 2.73. The van der Waals surface area contributed by atoms with Crippen molar-refractivity contribution in [2.75, 3.05) is 6.61 Å². The summed E-state index contributed by atoms with van der Waals surface area (Å²) in [6.45, 7) is 3.33. The first-order valence-electron chi connectivity index (χ1n) is 5.12. The van der Waals surface area contributed by atoms with Crippen LogP contribution in [0.1, 0.15) is 29.8 Å². The van der Waals surface area contributed by atoms with Crippen molar-refractivity contribution in [1.29, 1.82) is 0 Å². The molecular weight excluding hydrogens is 206 g/mol. The lowest BCUT2D eigenvalue weighted by Crippen LogP contribution is -2.46. The van der Waals surface area contributed by atoms with Crippen molar-refractivity contribution in [2.45, 2.75) is 26.0 Å². The summed E-state index contributed by atoms with van der Waals surface area (Å²) in [7, 11) is 0. The first-order valence-corrected chi connectivity index (χ1v) is 5.12. The second-order valence-electron chi connectivity index (χ2n) is 4.35. The molecule has 0 radical (unpaired) electrons. The molecule has 0 aromatic heterocycles. The van der Waals surface area contributed by atoms with Crippen LogP contribution in [0.15, 0.2) is 24.3 Å². The van der Waals surface area contributed by atoms with E-state index < -0.39 is 5.54 Å². The fraction of sp³-hybridized carbons (Fsp3) is 0.417. The Kier molecular flexibility index (Phi) is 4.04. The number of nitrogens with one attached hydrogen (secondary N) is 1. The molecule has 0 heterocycles. The molecule has 4 heteroatoms. The van der Waals surface area contributed by atoms with Gasteiger partial charge in [-0.3, -0.25) is 4.79 Å². The second-order valence-corrected chi connectivity index (χ2v) is 4.35. The maximum Gasteiger partial charge on any atom is 0.251 e. The molecule has 0 saturated carbocycles. The highest BCUT2D eigenvalue weighted by Gasteiger charge is 2.19. The largest absolute Gasteiger partial charge is 0.394 e. The third kappa shape index (κ3) is 3.32. The summed E-state index contributed by atoms with van der Waals surface area (Å²) < 4.78 is 0. The van der Waals surface area contributed by atoms with Gasteiger partial charge in [0, 0.05) is 5.56 Å². The van der Waals surface area contributed by atoms with E-state index in [4.69, 9.17) is 10.2 Å². The molecule has 0 unspecified atom stereocenters. The van der Waals surface area contributed by atoms with Gasteiger partial charge in [0.15, 0.2) is 0 Å². The minimum absolute atomic E-state index is 0.0377. The van der Waals surface area contributed by atoms with E-state index >= 15 is 0 Å². The Bertz CT molecular complexity index is 357. The number of rotatable bonds is 4. The molecule has 0 spiro atoms. The highest BCUT2D eigenvalue weighted by Crippen LogP contribution is 2.07. The van der Waals surface area contributed by atoms with Crippen molar-refractivity contribution >= 4 is 5.91 Å². The van der Waals surface area contributed by atoms with Crippen LogP contribution in [0.4, 0.5) is 0 Å². The molecule has 0 aliphatic heterocycles. The van der Waals surface area contributed by atoms with E-state index in [1.54, 1.807) is 38.1 Å². The Hall–Kier alpha value is -1.39. The quantitative estimate of drug-likeness (QED) is 0.703. The Morgan fingerprint density at radius 1 is 1.25 bits per heavy atom. The SMILES string of the molecule is CC(C)(CO)NC(=O)c1ccc(CO)cc1. The standard InChI is InChI=1S/C12H17NO3/c1-12(2,8-15)13-11(16)10-5-3-9(7-14)4-6-10/h3-6,14-15H,7-8H2,1-2H3,(H,13,16). The molecule has 3 N–H and O–H groups in total. The van der Waals surface area contributed by atoms with Crippen LogP contribution in [-0.2, 0) is 6.61 Å². The maximum absolute atomic E-state index is 11.7. The lowest BCUT2D eigenvalue weighted by Gasteiger charge is -2.23. The number of benzene rings is 1. The zero-order valence-corrected chi connectivity index (χ0v) is 9.53. The summed E-state index contributed by atoms with van der Waals surface area (Å²) in [5, 5.41) is 20.6. The smallest absolute Gasteiger partial charge is 0.251 e. The lowest BCUT2D eigenvalue weighted by atomic mass is 10.1. The molecule has 0 saturated heterocycles. The number of aliphatic hydroxyl groups is 2. The molecule has 16 heavy (non-hydrogen) atoms. The number of amides is 1. The van der Waals surface area contributed by atoms with Crippen molar-refractivity contribution in [3.8, 4) is 0 Å². The van der Waals surface area contributed by atoms with Crippen LogP contribution in [0, 0.1) is 0 Å². The van der Waals surface area contributed by atoms with Crippen LogP contribution >= 0.6 is 0 Å². The van der Waals surface area contributed by atoms with E-state index in [0.29, 0.717) is 5.56 Å². The maximum atomic E-state index is 11.7. The molecule has 4 nitrogen and oxygen atoms in total. The fourth-order valence-corrected chi connectivity index (χ4v) is 1.18. The van der Waals surface area contributed by atoms with E-state index in [1.807, 2.05) is 0 Å². The first-order chi connectivity index (χ1) is 7.48. The van der Waals surface area contributed by atoms with Crippen molar-refractivity contribution in [3.05, 3.63) is 35.4 Å². The summed E-state index contributed by atoms with van der Waals surface area (Å²) in [5.74, 6) is -0.233. The second kappa shape index (κ2) is 5.09. The molecule has 1 rings (SSSR count). The van der Waals surface area contributed by atoms with Gasteiger partial charge in [0.1, 0.15) is 0 Å². The highest BCUT2D eigenvalue weighted by atomic mass is 16.3. The van der Waals surface area contributed by atoms with E-state index in [-0.39, 0.29) is 19.1 Å². The molecule has 1 aromatic carbocycles. The number of hydrogen-bond acceptors (Lipinski definition) is 3. The Morgan fingerprint density at radius 2 is 1.81 bits per heavy atom. The van der Waals surface area contributed by atoms with Crippen molar-refractivity contribution < 1.29 is 15.0 Å². The molecular formula is C12H17NO3. The Morgan fingerprint density at radius 3 is 2.25 bits per heavy atom. The van der Waals surface area contributed by atoms with Gasteiger partial charge in [-0.2, -0.15) is 0 Å². The minimum atomic E-state index is -0.632. The molecule has 0 atom stereocenters. The van der Waals surface area contributed by atoms with Gasteiger partial charge in [-0.1, -0.05) is 12.1 Å². The number of carbonyl (C=O) groups is 1. The average Bonchev–Trinajstić information content (AvgIpc) is 2.28. The molecule has 1 amide bonds. The highest BCUT2D eigenvalue weighted by molar-refractivity contribution is 5.94. The van der Waals surface area contributed by atoms with Crippen LogP contribution in [-0.4, -0.2) is 28.3 Å². The van der Waals surface area contributed by atoms with Crippen LogP contribution in [0.2, 0.25) is 0 Å². The van der Waals surface area contributed by atoms with Crippen LogP contribution < -0.4 is 5.32 Å². The summed E-state index contributed by atoms with van der Waals surface area (Å²) in [6.07, 6.45) is 0. The van der Waals surface area contributed by atoms with Crippen molar-refractivity contribution in [1.82, 2.24) is 5.32 Å². The van der Waals surface area contributed by atoms with Gasteiger partial charge in [0.25, 0.3) is 5.91 Å². The van der Waals surface area contributed by atoms with Gasteiger partial charge in [-0.15, -0.1) is 0 Å². The zero-order chi connectivity index (χ0) is 12.2. The van der Waals surface area contributed by atoms with Gasteiger partial charge in [-0.05, 0) is 31.5 Å². The Labute approximate surface area is 94.9 Å². The van der Waals surface area contributed by atoms with Crippen molar-refractivity contribution in [2.24, 2.45) is 0 Å². The molecule has 0 fully saturated rings. The van der Waals surface area contributed by atoms with Crippen LogP contribution in [0.5, 0.6) is 0 Å². The fourth-order valence-electron chi connectivity index (χ4n) is 1.18. The summed E-state index contributed by atoms with van der Waals surface area (Å²) in [4.78, 5) is 11.7. The zero-order valence-electron chi connectivity index (χ0n) is 9.53. The monoisotopic (exact) mass is 223 g/mol. The summed E-state index contributed by atoms with van der Waals surface area (Å²) in [6, 6.07) is 6.68. The average molecular weight is 223 g/mol. The van der Waals surface area contributed by atoms with E-state index in [0.717, 1.165) is 5.56 Å². The van der Waals surface area contributed by atoms with E-state index in [2.05, 4.69) is 5.32 Å². The van der Waals surface area contributed by atoms with Crippen LogP contribution in [0.3, 0.4) is 0 Å². The first kappa shape index (κ1) is 12.7. The summed E-state index contributed by atoms with van der Waals surface area (Å²) >= 11 is 0. The van der Waals surface area contributed by atoms with Gasteiger partial charge in [-0.25, -0.2) is 0 Å². The van der Waals surface area contributed by atoms with Crippen LogP contribution in [0.25, 0.3) is 0 Å². The van der Waals surface area contributed by atoms with Crippen molar-refractivity contribution in [3.63, 3.8) is 0 Å². The third-order valence-corrected chi connectivity index (χ3v) is 2.25. The van der Waals surface area contributed by atoms with Gasteiger partial charge >= 0.3 is 0 Å². The van der Waals surface area contributed by atoms with Gasteiger partial charge < -0.3 is 15.5 Å². The normalized spacial score (nSPS) is 11.2. The molecule has 88 valence electrons. The van der Waals surface area contributed by atoms with Gasteiger partial charge in [0.05, 0.1) is 18.8 Å². The summed E-state index contributed by atoms with van der Waals surface area (Å²) in [5.41, 5.74) is 0.643. The molecule has 0 aliphatic carbocycles. The minimum Gasteiger partial charge on any atom is -0.394 e. The predicted octanol–water partition coefficient (Wildman–Crippen LogP) is 0.680. The lowest BCUT2D eigenvalue weighted by molar-refractivity contribution is 0.0869. The molecule has 1 aromatic rings. The third-order valence-electron chi connectivity index (χ3n) is 2.25. The number of hydrogen-bond donors (Lipinski definition) is 3. The topological polar surface area (TPSA) is 69.6 Å². The number of carbonyl (C=O) groups excluding carboxylic acids is 1. The molecule has 0 aliphatic rings. The molecule has 0 bridgehead atoms. The van der Waals surface area contributed by atoms with Gasteiger partial charge in [0.2, 0.25) is 0 Å². The van der Waals surface area contributed by atoms with E-state index in [1.165, 1.54) is 0 Å². The van der Waals surface area contributed by atoms with E-state index in [9.17, 15) is 4.79 Å². The predicted molar refractivity (Wildman–Crippen MR) is 61.0 cm³/mol. The number of aliphatic hydroxyl groups excluding tert-OH is 2.